The quantitative estimate of drug-likeness (QED) is 0.353. The van der Waals surface area contributed by atoms with E-state index in [9.17, 15) is 0 Å². The normalized spacial score (nSPS) is 15.8. The van der Waals surface area contributed by atoms with E-state index in [4.69, 9.17) is 11.6 Å². The highest BCUT2D eigenvalue weighted by atomic mass is 35.5. The molecule has 0 aliphatic rings. The Balaban J connectivity index is 3.03. The van der Waals surface area contributed by atoms with Gasteiger partial charge in [0.1, 0.15) is 0 Å². The summed E-state index contributed by atoms with van der Waals surface area (Å²) in [5.74, 6) is 0. The first kappa shape index (κ1) is 6.03. The van der Waals surface area contributed by atoms with E-state index in [0.29, 0.717) is 0 Å². The minimum absolute atomic E-state index is 0.190. The van der Waals surface area contributed by atoms with Gasteiger partial charge in [-0.1, -0.05) is 12.2 Å². The summed E-state index contributed by atoms with van der Waals surface area (Å²) in [6.07, 6.45) is 3.87. The van der Waals surface area contributed by atoms with E-state index in [1.54, 1.807) is 0 Å². The van der Waals surface area contributed by atoms with Crippen LogP contribution in [0.3, 0.4) is 0 Å². The van der Waals surface area contributed by atoms with Crippen LogP contribution in [0.5, 0.6) is 0 Å². The summed E-state index contributed by atoms with van der Waals surface area (Å²) in [4.78, 5) is 0. The fourth-order valence-electron chi connectivity index (χ4n) is 0.265. The molecule has 0 aromatic rings. The van der Waals surface area contributed by atoms with Crippen LogP contribution in [-0.2, 0) is 0 Å². The zero-order valence-corrected chi connectivity index (χ0v) is 4.87. The van der Waals surface area contributed by atoms with Gasteiger partial charge in [0.15, 0.2) is 0 Å². The highest BCUT2D eigenvalue weighted by Gasteiger charge is 1.79. The van der Waals surface area contributed by atoms with Crippen LogP contribution in [0.25, 0.3) is 0 Å². The lowest BCUT2D eigenvalue weighted by Crippen LogP contribution is -1.77. The monoisotopic (exact) mass is 104 g/mol. The molecule has 0 rings (SSSR count). The first-order valence-electron chi connectivity index (χ1n) is 2.04. The van der Waals surface area contributed by atoms with Gasteiger partial charge in [0.2, 0.25) is 0 Å². The second-order valence-corrected chi connectivity index (χ2v) is 1.89. The third kappa shape index (κ3) is 4.03. The van der Waals surface area contributed by atoms with Crippen LogP contribution in [0.2, 0.25) is 0 Å². The minimum atomic E-state index is 0.190. The molecule has 0 saturated carbocycles. The zero-order valence-electron chi connectivity index (χ0n) is 4.11. The van der Waals surface area contributed by atoms with Gasteiger partial charge < -0.3 is 0 Å². The zero-order chi connectivity index (χ0) is 4.99. The predicted molar refractivity (Wildman–Crippen MR) is 30.1 cm³/mol. The van der Waals surface area contributed by atoms with Gasteiger partial charge in [-0.25, -0.2) is 0 Å². The van der Waals surface area contributed by atoms with Crippen molar-refractivity contribution in [3.63, 3.8) is 0 Å². The van der Waals surface area contributed by atoms with Crippen LogP contribution < -0.4 is 0 Å². The first-order valence-corrected chi connectivity index (χ1v) is 2.48. The minimum Gasteiger partial charge on any atom is -0.119 e. The van der Waals surface area contributed by atoms with Crippen LogP contribution in [0.4, 0.5) is 0 Å². The van der Waals surface area contributed by atoms with Gasteiger partial charge in [-0.3, -0.25) is 0 Å². The molecule has 6 heavy (non-hydrogen) atoms. The van der Waals surface area contributed by atoms with Crippen molar-refractivity contribution in [2.75, 3.05) is 0 Å². The van der Waals surface area contributed by atoms with Gasteiger partial charge in [-0.05, 0) is 13.8 Å². The van der Waals surface area contributed by atoms with E-state index < -0.39 is 0 Å². The van der Waals surface area contributed by atoms with Crippen molar-refractivity contribution in [2.45, 2.75) is 19.2 Å². The standard InChI is InChI=1S/C5H9Cl/c1-3-4-5(2)6/h3-5H,1-2H3/b4-3+/t5-/m0/s1. The van der Waals surface area contributed by atoms with Crippen LogP contribution in [0.15, 0.2) is 12.2 Å². The van der Waals surface area contributed by atoms with Crippen molar-refractivity contribution in [1.29, 1.82) is 0 Å². The summed E-state index contributed by atoms with van der Waals surface area (Å²) in [5, 5.41) is 0.190. The molecular formula is C5H9Cl. The number of hydrogen-bond acceptors (Lipinski definition) is 0. The number of rotatable bonds is 1. The van der Waals surface area contributed by atoms with E-state index in [2.05, 4.69) is 0 Å². The summed E-state index contributed by atoms with van der Waals surface area (Å²) in [7, 11) is 0. The lowest BCUT2D eigenvalue weighted by atomic mass is 10.4. The van der Waals surface area contributed by atoms with Crippen molar-refractivity contribution < 1.29 is 0 Å². The molecule has 0 amide bonds. The van der Waals surface area contributed by atoms with Crippen LogP contribution in [0, 0.1) is 0 Å². The number of hydrogen-bond donors (Lipinski definition) is 0. The Morgan fingerprint density at radius 3 is 2.17 bits per heavy atom. The Labute approximate surface area is 43.8 Å². The molecule has 0 aliphatic heterocycles. The molecule has 0 radical (unpaired) electrons. The average Bonchev–Trinajstić information content (AvgIpc) is 1.35. The highest BCUT2D eigenvalue weighted by Crippen LogP contribution is 1.92. The molecule has 0 bridgehead atoms. The van der Waals surface area contributed by atoms with E-state index in [1.807, 2.05) is 26.0 Å². The van der Waals surface area contributed by atoms with Gasteiger partial charge in [0.25, 0.3) is 0 Å². The Hall–Kier alpha value is 0.0300. The van der Waals surface area contributed by atoms with Gasteiger partial charge in [0.05, 0.1) is 0 Å². The summed E-state index contributed by atoms with van der Waals surface area (Å²) < 4.78 is 0. The molecular weight excluding hydrogens is 95.5 g/mol. The lowest BCUT2D eigenvalue weighted by molar-refractivity contribution is 1.22. The molecule has 0 nitrogen and oxygen atoms in total. The fraction of sp³-hybridized carbons (Fsp3) is 0.600. The average molecular weight is 105 g/mol. The molecule has 0 unspecified atom stereocenters. The number of halogens is 1. The van der Waals surface area contributed by atoms with E-state index in [1.165, 1.54) is 0 Å². The summed E-state index contributed by atoms with van der Waals surface area (Å²) in [6.45, 7) is 3.89. The summed E-state index contributed by atoms with van der Waals surface area (Å²) in [6, 6.07) is 0. The number of allylic oxidation sites excluding steroid dienone is 2. The van der Waals surface area contributed by atoms with Crippen LogP contribution in [0.1, 0.15) is 13.8 Å². The summed E-state index contributed by atoms with van der Waals surface area (Å²) >= 11 is 5.49. The van der Waals surface area contributed by atoms with Crippen molar-refractivity contribution in [1.82, 2.24) is 0 Å². The fourth-order valence-corrected chi connectivity index (χ4v) is 0.411. The second kappa shape index (κ2) is 3.23. The van der Waals surface area contributed by atoms with Crippen molar-refractivity contribution in [2.24, 2.45) is 0 Å². The van der Waals surface area contributed by atoms with Crippen molar-refractivity contribution >= 4 is 11.6 Å². The lowest BCUT2D eigenvalue weighted by Gasteiger charge is -1.84. The topological polar surface area (TPSA) is 0 Å². The number of alkyl halides is 1. The maximum Gasteiger partial charge on any atom is 0.0487 e. The van der Waals surface area contributed by atoms with Gasteiger partial charge in [-0.2, -0.15) is 0 Å². The molecule has 0 N–H and O–H groups in total. The third-order valence-corrected chi connectivity index (χ3v) is 0.603. The highest BCUT2D eigenvalue weighted by molar-refractivity contribution is 6.21. The van der Waals surface area contributed by atoms with Crippen LogP contribution in [-0.4, -0.2) is 5.38 Å². The Morgan fingerprint density at radius 1 is 1.67 bits per heavy atom. The van der Waals surface area contributed by atoms with E-state index in [-0.39, 0.29) is 5.38 Å². The molecule has 0 saturated heterocycles. The third-order valence-electron chi connectivity index (χ3n) is 0.458. The van der Waals surface area contributed by atoms with E-state index >= 15 is 0 Å². The first-order chi connectivity index (χ1) is 2.77. The molecule has 0 aliphatic carbocycles. The molecule has 0 aromatic carbocycles. The van der Waals surface area contributed by atoms with E-state index in [0.717, 1.165) is 0 Å². The van der Waals surface area contributed by atoms with Crippen LogP contribution >= 0.6 is 11.6 Å². The predicted octanol–water partition coefficient (Wildman–Crippen LogP) is 2.19. The molecule has 36 valence electrons. The Kier molecular flexibility index (Phi) is 3.24. The van der Waals surface area contributed by atoms with Crippen molar-refractivity contribution in [3.8, 4) is 0 Å². The maximum atomic E-state index is 5.49. The van der Waals surface area contributed by atoms with Gasteiger partial charge >= 0.3 is 0 Å². The smallest absolute Gasteiger partial charge is 0.0487 e. The SMILES string of the molecule is C/C=C/[C@H](C)Cl. The molecule has 0 aromatic heterocycles. The molecule has 0 spiro atoms. The molecule has 0 heterocycles. The molecule has 1 atom stereocenters. The largest absolute Gasteiger partial charge is 0.119 e. The Bertz CT molecular complexity index is 45.9. The van der Waals surface area contributed by atoms with Gasteiger partial charge in [0, 0.05) is 5.38 Å². The maximum absolute atomic E-state index is 5.49. The van der Waals surface area contributed by atoms with Gasteiger partial charge in [-0.15, -0.1) is 11.6 Å². The summed E-state index contributed by atoms with van der Waals surface area (Å²) in [5.41, 5.74) is 0. The van der Waals surface area contributed by atoms with Crippen molar-refractivity contribution in [3.05, 3.63) is 12.2 Å². The second-order valence-electron chi connectivity index (χ2n) is 1.20. The Morgan fingerprint density at radius 2 is 2.17 bits per heavy atom. The molecule has 0 fully saturated rings. The molecule has 1 heteroatoms.